The summed E-state index contributed by atoms with van der Waals surface area (Å²) in [4.78, 5) is 55.3. The van der Waals surface area contributed by atoms with Crippen molar-refractivity contribution >= 4 is 35.3 Å². The van der Waals surface area contributed by atoms with Crippen LogP contribution in [0.4, 0.5) is 21.0 Å². The van der Waals surface area contributed by atoms with E-state index in [0.29, 0.717) is 29.5 Å². The zero-order valence-corrected chi connectivity index (χ0v) is 27.3. The van der Waals surface area contributed by atoms with Gasteiger partial charge in [0.15, 0.2) is 0 Å². The maximum absolute atomic E-state index is 14.1. The van der Waals surface area contributed by atoms with E-state index in [-0.39, 0.29) is 31.4 Å². The van der Waals surface area contributed by atoms with E-state index < -0.39 is 29.6 Å². The molecule has 47 heavy (non-hydrogen) atoms. The number of nitrogens with one attached hydrogen (secondary N) is 3. The van der Waals surface area contributed by atoms with E-state index >= 15 is 0 Å². The Morgan fingerprint density at radius 1 is 0.979 bits per heavy atom. The van der Waals surface area contributed by atoms with Crippen molar-refractivity contribution in [2.45, 2.75) is 70.6 Å². The number of para-hydroxylation sites is 1. The van der Waals surface area contributed by atoms with Gasteiger partial charge in [0.25, 0.3) is 5.91 Å². The lowest BCUT2D eigenvalue weighted by Gasteiger charge is -2.29. The number of methoxy groups -OCH3 is 1. The Morgan fingerprint density at radius 3 is 2.32 bits per heavy atom. The Balaban J connectivity index is 1.31. The van der Waals surface area contributed by atoms with Crippen molar-refractivity contribution < 1.29 is 29.0 Å². The quantitative estimate of drug-likeness (QED) is 0.155. The molecule has 248 valence electrons. The number of benzene rings is 3. The van der Waals surface area contributed by atoms with Crippen LogP contribution in [0.2, 0.25) is 0 Å². The van der Waals surface area contributed by atoms with E-state index in [1.165, 1.54) is 12.0 Å². The van der Waals surface area contributed by atoms with Crippen LogP contribution in [-0.4, -0.2) is 64.1 Å². The summed E-state index contributed by atoms with van der Waals surface area (Å²) in [7, 11) is 1.50. The molecule has 2 fully saturated rings. The molecular formula is C36H43N5O6. The molecular weight excluding hydrogens is 598 g/mol. The van der Waals surface area contributed by atoms with Gasteiger partial charge in [-0.1, -0.05) is 67.4 Å². The van der Waals surface area contributed by atoms with Gasteiger partial charge in [-0.2, -0.15) is 0 Å². The minimum absolute atomic E-state index is 0.125. The summed E-state index contributed by atoms with van der Waals surface area (Å²) in [6.07, 6.45) is 2.61. The number of carbonyl (C=O) groups excluding carboxylic acids is 3. The number of hydrogen-bond acceptors (Lipinski definition) is 6. The molecule has 1 saturated heterocycles. The SMILES string of the molecule is COc1cc(CN2C(=O)N(C(CNC(CC(=O)O)c3ccccc3)CC3CC3)C(=O)C2(C)C)ccc1NC(=O)Nc1ccccc1C. The van der Waals surface area contributed by atoms with Gasteiger partial charge in [-0.3, -0.25) is 14.5 Å². The molecule has 0 aromatic heterocycles. The Labute approximate surface area is 275 Å². The molecule has 11 heteroatoms. The van der Waals surface area contributed by atoms with Gasteiger partial charge in [0.05, 0.1) is 25.3 Å². The van der Waals surface area contributed by atoms with E-state index in [0.717, 1.165) is 29.5 Å². The molecule has 5 amide bonds. The number of rotatable bonds is 14. The molecule has 0 radical (unpaired) electrons. The van der Waals surface area contributed by atoms with Crippen molar-refractivity contribution in [3.63, 3.8) is 0 Å². The van der Waals surface area contributed by atoms with E-state index in [1.807, 2.05) is 61.5 Å². The van der Waals surface area contributed by atoms with Gasteiger partial charge < -0.3 is 30.7 Å². The summed E-state index contributed by atoms with van der Waals surface area (Å²) in [6.45, 7) is 5.83. The smallest absolute Gasteiger partial charge is 0.328 e. The van der Waals surface area contributed by atoms with Crippen LogP contribution >= 0.6 is 0 Å². The van der Waals surface area contributed by atoms with Crippen LogP contribution in [0.25, 0.3) is 0 Å². The lowest BCUT2D eigenvalue weighted by Crippen LogP contribution is -2.48. The number of hydrogen-bond donors (Lipinski definition) is 4. The van der Waals surface area contributed by atoms with Crippen LogP contribution in [0.5, 0.6) is 5.75 Å². The normalized spacial score (nSPS) is 16.9. The van der Waals surface area contributed by atoms with E-state index in [4.69, 9.17) is 4.74 Å². The van der Waals surface area contributed by atoms with E-state index in [1.54, 1.807) is 36.9 Å². The Kier molecular flexibility index (Phi) is 10.1. The highest BCUT2D eigenvalue weighted by atomic mass is 16.5. The minimum atomic E-state index is -1.11. The molecule has 1 saturated carbocycles. The third kappa shape index (κ3) is 7.91. The van der Waals surface area contributed by atoms with Crippen molar-refractivity contribution in [1.29, 1.82) is 0 Å². The third-order valence-corrected chi connectivity index (χ3v) is 8.95. The van der Waals surface area contributed by atoms with Crippen molar-refractivity contribution in [2.75, 3.05) is 24.3 Å². The zero-order chi connectivity index (χ0) is 33.7. The average Bonchev–Trinajstić information content (AvgIpc) is 3.85. The average molecular weight is 642 g/mol. The maximum Gasteiger partial charge on any atom is 0.328 e. The lowest BCUT2D eigenvalue weighted by atomic mass is 10.0. The summed E-state index contributed by atoms with van der Waals surface area (Å²) < 4.78 is 5.58. The number of nitrogens with zero attached hydrogens (tertiary/aromatic N) is 2. The van der Waals surface area contributed by atoms with Gasteiger partial charge in [-0.05, 0) is 68.0 Å². The maximum atomic E-state index is 14.1. The first-order valence-electron chi connectivity index (χ1n) is 15.9. The third-order valence-electron chi connectivity index (χ3n) is 8.95. The van der Waals surface area contributed by atoms with Crippen molar-refractivity contribution in [3.05, 3.63) is 89.5 Å². The van der Waals surface area contributed by atoms with Crippen LogP contribution in [0.3, 0.4) is 0 Å². The first-order valence-corrected chi connectivity index (χ1v) is 15.9. The minimum Gasteiger partial charge on any atom is -0.495 e. The van der Waals surface area contributed by atoms with Gasteiger partial charge >= 0.3 is 18.0 Å². The summed E-state index contributed by atoms with van der Waals surface area (Å²) >= 11 is 0. The number of carbonyl (C=O) groups is 4. The van der Waals surface area contributed by atoms with Crippen LogP contribution in [-0.2, 0) is 16.1 Å². The second-order valence-corrected chi connectivity index (χ2v) is 12.8. The fourth-order valence-corrected chi connectivity index (χ4v) is 6.03. The number of anilines is 2. The molecule has 11 nitrogen and oxygen atoms in total. The lowest BCUT2D eigenvalue weighted by molar-refractivity contribution is -0.138. The van der Waals surface area contributed by atoms with Gasteiger partial charge in [0, 0.05) is 24.8 Å². The number of carboxylic acids is 1. The molecule has 2 atom stereocenters. The summed E-state index contributed by atoms with van der Waals surface area (Å²) in [5.74, 6) is -0.394. The predicted octanol–water partition coefficient (Wildman–Crippen LogP) is 6.16. The van der Waals surface area contributed by atoms with Crippen molar-refractivity contribution in [2.24, 2.45) is 5.92 Å². The second-order valence-electron chi connectivity index (χ2n) is 12.8. The zero-order valence-electron chi connectivity index (χ0n) is 27.3. The molecule has 2 aliphatic rings. The van der Waals surface area contributed by atoms with Gasteiger partial charge in [0.2, 0.25) is 0 Å². The van der Waals surface area contributed by atoms with Crippen LogP contribution in [0, 0.1) is 12.8 Å². The highest BCUT2D eigenvalue weighted by Crippen LogP contribution is 2.39. The summed E-state index contributed by atoms with van der Waals surface area (Å²) in [6, 6.07) is 20.4. The van der Waals surface area contributed by atoms with Crippen molar-refractivity contribution in [3.8, 4) is 5.75 Å². The molecule has 1 aliphatic carbocycles. The highest BCUT2D eigenvalue weighted by Gasteiger charge is 2.53. The highest BCUT2D eigenvalue weighted by molar-refractivity contribution is 6.07. The van der Waals surface area contributed by atoms with Crippen molar-refractivity contribution in [1.82, 2.24) is 15.1 Å². The molecule has 3 aromatic carbocycles. The predicted molar refractivity (Wildman–Crippen MR) is 179 cm³/mol. The first kappa shape index (κ1) is 33.5. The summed E-state index contributed by atoms with van der Waals surface area (Å²) in [5.41, 5.74) is 2.52. The monoisotopic (exact) mass is 641 g/mol. The van der Waals surface area contributed by atoms with E-state index in [2.05, 4.69) is 16.0 Å². The molecule has 4 N–H and O–H groups in total. The molecule has 2 unspecified atom stereocenters. The summed E-state index contributed by atoms with van der Waals surface area (Å²) in [5, 5.41) is 18.6. The Morgan fingerprint density at radius 2 is 1.66 bits per heavy atom. The van der Waals surface area contributed by atoms with Gasteiger partial charge in [-0.15, -0.1) is 0 Å². The van der Waals surface area contributed by atoms with Crippen LogP contribution < -0.4 is 20.7 Å². The standard InChI is InChI=1S/C36H43N5O6/c1-23-10-8-9-13-28(23)38-34(45)39-29-17-16-25(19-31(29)47-4)22-40-35(46)41(33(44)36(40,2)3)27(18-24-14-15-24)21-37-30(20-32(42)43)26-11-6-5-7-12-26/h5-13,16-17,19,24,27,30,37H,14-15,18,20-22H2,1-4H3,(H,42,43)(H2,38,39,45). The Bertz CT molecular complexity index is 1620. The van der Waals surface area contributed by atoms with Gasteiger partial charge in [0.1, 0.15) is 11.3 Å². The molecule has 1 aliphatic heterocycles. The first-order chi connectivity index (χ1) is 22.5. The number of aliphatic carboxylic acids is 1. The number of urea groups is 2. The number of carboxylic acid groups (broad SMARTS) is 1. The number of amides is 5. The largest absolute Gasteiger partial charge is 0.495 e. The Hall–Kier alpha value is -4.90. The number of imide groups is 1. The molecule has 1 heterocycles. The van der Waals surface area contributed by atoms with E-state index in [9.17, 15) is 24.3 Å². The second kappa shape index (κ2) is 14.3. The molecule has 3 aromatic rings. The number of aryl methyl sites for hydroxylation is 1. The molecule has 5 rings (SSSR count). The van der Waals surface area contributed by atoms with Crippen LogP contribution in [0.1, 0.15) is 62.3 Å². The van der Waals surface area contributed by atoms with Gasteiger partial charge in [-0.25, -0.2) is 9.59 Å². The number of ether oxygens (including phenoxy) is 1. The fourth-order valence-electron chi connectivity index (χ4n) is 6.03. The molecule has 0 spiro atoms. The topological polar surface area (TPSA) is 140 Å². The van der Waals surface area contributed by atoms with Crippen LogP contribution in [0.15, 0.2) is 72.8 Å². The molecule has 0 bridgehead atoms. The fraction of sp³-hybridized carbons (Fsp3) is 0.389.